The molecule has 2 aromatic rings. The number of anilines is 2. The molecule has 0 aliphatic carbocycles. The zero-order valence-corrected chi connectivity index (χ0v) is 11.0. The third-order valence-electron chi connectivity index (χ3n) is 2.64. The van der Waals surface area contributed by atoms with Crippen LogP contribution in [0, 0.1) is 24.0 Å². The van der Waals surface area contributed by atoms with Gasteiger partial charge < -0.3 is 16.2 Å². The van der Waals surface area contributed by atoms with Crippen molar-refractivity contribution < 1.29 is 9.66 Å². The van der Waals surface area contributed by atoms with E-state index in [1.165, 1.54) is 12.1 Å². The Hall–Kier alpha value is -2.90. The highest BCUT2D eigenvalue weighted by molar-refractivity contribution is 5.50. The predicted molar refractivity (Wildman–Crippen MR) is 73.5 cm³/mol. The predicted octanol–water partition coefficient (Wildman–Crippen LogP) is 1.96. The summed E-state index contributed by atoms with van der Waals surface area (Å²) in [5.74, 6) is 0.817. The number of benzene rings is 1. The number of nitrogens with two attached hydrogens (primary N) is 2. The largest absolute Gasteiger partial charge is 0.438 e. The molecular weight excluding hydrogens is 262 g/mol. The maximum Gasteiger partial charge on any atom is 0.272 e. The first-order valence-electron chi connectivity index (χ1n) is 5.70. The van der Waals surface area contributed by atoms with E-state index in [-0.39, 0.29) is 23.3 Å². The summed E-state index contributed by atoms with van der Waals surface area (Å²) in [5.41, 5.74) is 12.2. The van der Waals surface area contributed by atoms with Gasteiger partial charge in [-0.3, -0.25) is 10.1 Å². The summed E-state index contributed by atoms with van der Waals surface area (Å²) in [4.78, 5) is 18.0. The van der Waals surface area contributed by atoms with E-state index < -0.39 is 4.92 Å². The van der Waals surface area contributed by atoms with Crippen molar-refractivity contribution in [3.05, 3.63) is 39.4 Å². The molecule has 0 atom stereocenters. The molecule has 2 rings (SSSR count). The normalized spacial score (nSPS) is 10.3. The highest BCUT2D eigenvalue weighted by Crippen LogP contribution is 2.30. The lowest BCUT2D eigenvalue weighted by Gasteiger charge is -2.09. The van der Waals surface area contributed by atoms with E-state index >= 15 is 0 Å². The molecule has 0 radical (unpaired) electrons. The van der Waals surface area contributed by atoms with Gasteiger partial charge in [-0.05, 0) is 25.5 Å². The van der Waals surface area contributed by atoms with Crippen molar-refractivity contribution in [2.75, 3.05) is 11.5 Å². The number of nitro groups is 1. The van der Waals surface area contributed by atoms with E-state index in [1.807, 2.05) is 0 Å². The van der Waals surface area contributed by atoms with Crippen LogP contribution in [0.2, 0.25) is 0 Å². The van der Waals surface area contributed by atoms with Crippen LogP contribution in [0.1, 0.15) is 11.1 Å². The molecule has 0 aliphatic rings. The number of rotatable bonds is 3. The van der Waals surface area contributed by atoms with Crippen LogP contribution in [-0.2, 0) is 0 Å². The molecule has 20 heavy (non-hydrogen) atoms. The Kier molecular flexibility index (Phi) is 3.38. The quantitative estimate of drug-likeness (QED) is 0.646. The first kappa shape index (κ1) is 13.5. The van der Waals surface area contributed by atoms with Gasteiger partial charge in [0.05, 0.1) is 4.92 Å². The maximum atomic E-state index is 10.8. The lowest BCUT2D eigenvalue weighted by Crippen LogP contribution is -2.01. The average molecular weight is 275 g/mol. The number of aryl methyl sites for hydroxylation is 2. The van der Waals surface area contributed by atoms with E-state index in [0.29, 0.717) is 16.9 Å². The summed E-state index contributed by atoms with van der Waals surface area (Å²) in [7, 11) is 0. The first-order valence-corrected chi connectivity index (χ1v) is 5.70. The standard InChI is InChI=1S/C12H13N5O3/c1-6-4-9(7(2)3-8(6)17(18)19)20-11-5-10(13)15-12(14)16-11/h3-5H,1-2H3,(H4,13,14,15,16). The molecule has 8 heteroatoms. The zero-order valence-electron chi connectivity index (χ0n) is 11.0. The van der Waals surface area contributed by atoms with Crippen LogP contribution in [-0.4, -0.2) is 14.9 Å². The Labute approximate surface area is 114 Å². The Morgan fingerprint density at radius 1 is 1.15 bits per heavy atom. The Balaban J connectivity index is 2.39. The van der Waals surface area contributed by atoms with Gasteiger partial charge in [0.1, 0.15) is 11.6 Å². The summed E-state index contributed by atoms with van der Waals surface area (Å²) in [6.45, 7) is 3.34. The minimum atomic E-state index is -0.438. The zero-order chi connectivity index (χ0) is 14.9. The van der Waals surface area contributed by atoms with Gasteiger partial charge in [0.15, 0.2) is 0 Å². The fraction of sp³-hybridized carbons (Fsp3) is 0.167. The highest BCUT2D eigenvalue weighted by atomic mass is 16.6. The van der Waals surface area contributed by atoms with Crippen molar-refractivity contribution in [2.45, 2.75) is 13.8 Å². The number of ether oxygens (including phenoxy) is 1. The second-order valence-electron chi connectivity index (χ2n) is 4.25. The van der Waals surface area contributed by atoms with Crippen LogP contribution in [0.15, 0.2) is 18.2 Å². The summed E-state index contributed by atoms with van der Waals surface area (Å²) in [6.07, 6.45) is 0. The van der Waals surface area contributed by atoms with Crippen molar-refractivity contribution in [3.63, 3.8) is 0 Å². The minimum absolute atomic E-state index is 0.00344. The van der Waals surface area contributed by atoms with Crippen LogP contribution >= 0.6 is 0 Å². The molecule has 104 valence electrons. The van der Waals surface area contributed by atoms with Gasteiger partial charge in [-0.1, -0.05) is 0 Å². The molecular formula is C12H13N5O3. The molecule has 0 saturated heterocycles. The molecule has 4 N–H and O–H groups in total. The number of nitro benzene ring substituents is 1. The fourth-order valence-corrected chi connectivity index (χ4v) is 1.71. The number of nitrogen functional groups attached to an aromatic ring is 2. The van der Waals surface area contributed by atoms with Gasteiger partial charge in [0.25, 0.3) is 5.69 Å². The van der Waals surface area contributed by atoms with Crippen molar-refractivity contribution >= 4 is 17.5 Å². The van der Waals surface area contributed by atoms with Crippen LogP contribution in [0.25, 0.3) is 0 Å². The number of aromatic nitrogens is 2. The van der Waals surface area contributed by atoms with E-state index in [0.717, 1.165) is 0 Å². The number of hydrogen-bond acceptors (Lipinski definition) is 7. The van der Waals surface area contributed by atoms with Gasteiger partial charge >= 0.3 is 0 Å². The molecule has 0 amide bonds. The number of hydrogen-bond donors (Lipinski definition) is 2. The molecule has 0 spiro atoms. The molecule has 1 heterocycles. The van der Waals surface area contributed by atoms with Gasteiger partial charge in [-0.2, -0.15) is 9.97 Å². The van der Waals surface area contributed by atoms with Gasteiger partial charge in [0.2, 0.25) is 11.8 Å². The average Bonchev–Trinajstić information content (AvgIpc) is 2.31. The topological polar surface area (TPSA) is 130 Å². The lowest BCUT2D eigenvalue weighted by molar-refractivity contribution is -0.385. The molecule has 0 bridgehead atoms. The molecule has 1 aromatic heterocycles. The molecule has 0 unspecified atom stereocenters. The monoisotopic (exact) mass is 275 g/mol. The van der Waals surface area contributed by atoms with Gasteiger partial charge in [0, 0.05) is 17.7 Å². The van der Waals surface area contributed by atoms with E-state index in [4.69, 9.17) is 16.2 Å². The second kappa shape index (κ2) is 5.00. The van der Waals surface area contributed by atoms with Crippen molar-refractivity contribution in [3.8, 4) is 11.6 Å². The van der Waals surface area contributed by atoms with Crippen molar-refractivity contribution in [2.24, 2.45) is 0 Å². The smallest absolute Gasteiger partial charge is 0.272 e. The van der Waals surface area contributed by atoms with Gasteiger partial charge in [-0.15, -0.1) is 0 Å². The maximum absolute atomic E-state index is 10.8. The summed E-state index contributed by atoms with van der Waals surface area (Å²) >= 11 is 0. The third kappa shape index (κ3) is 2.74. The van der Waals surface area contributed by atoms with Crippen molar-refractivity contribution in [1.82, 2.24) is 9.97 Å². The minimum Gasteiger partial charge on any atom is -0.438 e. The Morgan fingerprint density at radius 3 is 2.45 bits per heavy atom. The summed E-state index contributed by atoms with van der Waals surface area (Å²) in [5, 5.41) is 10.8. The van der Waals surface area contributed by atoms with E-state index in [2.05, 4.69) is 9.97 Å². The lowest BCUT2D eigenvalue weighted by atomic mass is 10.1. The van der Waals surface area contributed by atoms with Crippen LogP contribution in [0.5, 0.6) is 11.6 Å². The highest BCUT2D eigenvalue weighted by Gasteiger charge is 2.15. The van der Waals surface area contributed by atoms with Crippen molar-refractivity contribution in [1.29, 1.82) is 0 Å². The van der Waals surface area contributed by atoms with Crippen LogP contribution in [0.4, 0.5) is 17.5 Å². The van der Waals surface area contributed by atoms with Crippen LogP contribution < -0.4 is 16.2 Å². The first-order chi connectivity index (χ1) is 9.36. The Bertz CT molecular complexity index is 667. The summed E-state index contributed by atoms with van der Waals surface area (Å²) in [6, 6.07) is 4.44. The molecule has 8 nitrogen and oxygen atoms in total. The second-order valence-corrected chi connectivity index (χ2v) is 4.25. The van der Waals surface area contributed by atoms with E-state index in [9.17, 15) is 10.1 Å². The van der Waals surface area contributed by atoms with Crippen LogP contribution in [0.3, 0.4) is 0 Å². The fourth-order valence-electron chi connectivity index (χ4n) is 1.71. The molecule has 1 aromatic carbocycles. The Morgan fingerprint density at radius 2 is 1.85 bits per heavy atom. The number of nitrogens with zero attached hydrogens (tertiary/aromatic N) is 3. The molecule has 0 fully saturated rings. The summed E-state index contributed by atoms with van der Waals surface area (Å²) < 4.78 is 5.55. The third-order valence-corrected chi connectivity index (χ3v) is 2.64. The molecule has 0 aliphatic heterocycles. The van der Waals surface area contributed by atoms with E-state index in [1.54, 1.807) is 19.9 Å². The SMILES string of the molecule is Cc1cc([N+](=O)[O-])c(C)cc1Oc1cc(N)nc(N)n1. The van der Waals surface area contributed by atoms with Gasteiger partial charge in [-0.25, -0.2) is 0 Å². The molecule has 0 saturated carbocycles.